The fourth-order valence-corrected chi connectivity index (χ4v) is 2.17. The summed E-state index contributed by atoms with van der Waals surface area (Å²) in [7, 11) is 0. The van der Waals surface area contributed by atoms with E-state index in [0.29, 0.717) is 13.2 Å². The summed E-state index contributed by atoms with van der Waals surface area (Å²) in [5.41, 5.74) is 0. The third-order valence-electron chi connectivity index (χ3n) is 2.14. The standard InChI is InChI=1S/C12H17NO3S/c1-3-16-8-12(15)13-7-6-10-4-5-11(17-10)9(2)14/h4-5H,3,6-8H2,1-2H3,(H,13,15). The van der Waals surface area contributed by atoms with E-state index in [1.807, 2.05) is 19.1 Å². The zero-order valence-electron chi connectivity index (χ0n) is 10.1. The summed E-state index contributed by atoms with van der Waals surface area (Å²) in [6.45, 7) is 4.63. The van der Waals surface area contributed by atoms with E-state index in [1.165, 1.54) is 11.3 Å². The van der Waals surface area contributed by atoms with Crippen LogP contribution in [0.2, 0.25) is 0 Å². The third kappa shape index (κ3) is 5.10. The molecular weight excluding hydrogens is 238 g/mol. The number of hydrogen-bond acceptors (Lipinski definition) is 4. The summed E-state index contributed by atoms with van der Waals surface area (Å²) >= 11 is 1.48. The molecule has 94 valence electrons. The van der Waals surface area contributed by atoms with Gasteiger partial charge in [-0.3, -0.25) is 9.59 Å². The van der Waals surface area contributed by atoms with E-state index < -0.39 is 0 Å². The SMILES string of the molecule is CCOCC(=O)NCCc1ccc(C(C)=O)s1. The first-order valence-electron chi connectivity index (χ1n) is 5.57. The lowest BCUT2D eigenvalue weighted by Crippen LogP contribution is -2.29. The van der Waals surface area contributed by atoms with Crippen LogP contribution in [0.3, 0.4) is 0 Å². The van der Waals surface area contributed by atoms with Crippen LogP contribution in [0, 0.1) is 0 Å². The highest BCUT2D eigenvalue weighted by Crippen LogP contribution is 2.16. The normalized spacial score (nSPS) is 10.2. The number of thiophene rings is 1. The predicted molar refractivity (Wildman–Crippen MR) is 67.5 cm³/mol. The highest BCUT2D eigenvalue weighted by atomic mass is 32.1. The maximum atomic E-state index is 11.2. The molecule has 17 heavy (non-hydrogen) atoms. The highest BCUT2D eigenvalue weighted by molar-refractivity contribution is 7.14. The van der Waals surface area contributed by atoms with Gasteiger partial charge in [-0.1, -0.05) is 0 Å². The average molecular weight is 255 g/mol. The minimum atomic E-state index is -0.102. The lowest BCUT2D eigenvalue weighted by molar-refractivity contribution is -0.125. The molecule has 0 spiro atoms. The Labute approximate surface area is 105 Å². The Balaban J connectivity index is 2.26. The fourth-order valence-electron chi connectivity index (χ4n) is 1.27. The smallest absolute Gasteiger partial charge is 0.246 e. The summed E-state index contributed by atoms with van der Waals surface area (Å²) in [5, 5.41) is 2.76. The van der Waals surface area contributed by atoms with Crippen molar-refractivity contribution < 1.29 is 14.3 Å². The molecule has 0 aliphatic carbocycles. The van der Waals surface area contributed by atoms with Crippen molar-refractivity contribution in [1.29, 1.82) is 0 Å². The number of Topliss-reactive ketones (excluding diaryl/α,β-unsaturated/α-hetero) is 1. The van der Waals surface area contributed by atoms with Gasteiger partial charge in [0.1, 0.15) is 6.61 Å². The van der Waals surface area contributed by atoms with Gasteiger partial charge in [-0.25, -0.2) is 0 Å². The second kappa shape index (κ2) is 7.19. The van der Waals surface area contributed by atoms with E-state index >= 15 is 0 Å². The van der Waals surface area contributed by atoms with Gasteiger partial charge in [-0.05, 0) is 32.4 Å². The molecule has 0 fully saturated rings. The van der Waals surface area contributed by atoms with Crippen LogP contribution in [0.4, 0.5) is 0 Å². The molecule has 0 aliphatic heterocycles. The minimum Gasteiger partial charge on any atom is -0.372 e. The molecule has 0 saturated heterocycles. The Morgan fingerprint density at radius 3 is 2.76 bits per heavy atom. The number of amides is 1. The van der Waals surface area contributed by atoms with E-state index in [4.69, 9.17) is 4.74 Å². The molecule has 0 unspecified atom stereocenters. The zero-order chi connectivity index (χ0) is 12.7. The lowest BCUT2D eigenvalue weighted by atomic mass is 10.3. The summed E-state index contributed by atoms with van der Waals surface area (Å²) in [5.74, 6) is -0.0168. The van der Waals surface area contributed by atoms with Crippen LogP contribution in [-0.2, 0) is 16.0 Å². The van der Waals surface area contributed by atoms with Crippen molar-refractivity contribution in [3.8, 4) is 0 Å². The number of nitrogens with one attached hydrogen (secondary N) is 1. The number of rotatable bonds is 7. The topological polar surface area (TPSA) is 55.4 Å². The van der Waals surface area contributed by atoms with Crippen molar-refractivity contribution >= 4 is 23.0 Å². The molecule has 4 nitrogen and oxygen atoms in total. The van der Waals surface area contributed by atoms with Crippen LogP contribution >= 0.6 is 11.3 Å². The number of ketones is 1. The van der Waals surface area contributed by atoms with E-state index in [1.54, 1.807) is 6.92 Å². The molecule has 1 amide bonds. The third-order valence-corrected chi connectivity index (χ3v) is 3.39. The van der Waals surface area contributed by atoms with Gasteiger partial charge in [0, 0.05) is 18.0 Å². The van der Waals surface area contributed by atoms with Crippen LogP contribution < -0.4 is 5.32 Å². The van der Waals surface area contributed by atoms with Gasteiger partial charge < -0.3 is 10.1 Å². The van der Waals surface area contributed by atoms with Crippen LogP contribution in [0.25, 0.3) is 0 Å². The Hall–Kier alpha value is -1.20. The van der Waals surface area contributed by atoms with Crippen LogP contribution in [0.5, 0.6) is 0 Å². The van der Waals surface area contributed by atoms with E-state index in [0.717, 1.165) is 16.2 Å². The molecule has 1 aromatic rings. The van der Waals surface area contributed by atoms with Gasteiger partial charge in [0.15, 0.2) is 5.78 Å². The van der Waals surface area contributed by atoms with Gasteiger partial charge in [0.2, 0.25) is 5.91 Å². The summed E-state index contributed by atoms with van der Waals surface area (Å²) in [6, 6.07) is 3.75. The first-order chi connectivity index (χ1) is 8.13. The second-order valence-electron chi connectivity index (χ2n) is 3.56. The van der Waals surface area contributed by atoms with Crippen LogP contribution in [0.1, 0.15) is 28.4 Å². The van der Waals surface area contributed by atoms with Crippen molar-refractivity contribution in [2.24, 2.45) is 0 Å². The molecule has 0 bridgehead atoms. The maximum absolute atomic E-state index is 11.2. The molecular formula is C12H17NO3S. The zero-order valence-corrected chi connectivity index (χ0v) is 10.9. The molecule has 0 radical (unpaired) electrons. The average Bonchev–Trinajstić information content (AvgIpc) is 2.75. The van der Waals surface area contributed by atoms with E-state index in [2.05, 4.69) is 5.32 Å². The van der Waals surface area contributed by atoms with Crippen LogP contribution in [0.15, 0.2) is 12.1 Å². The largest absolute Gasteiger partial charge is 0.372 e. The Bertz CT molecular complexity index is 387. The Morgan fingerprint density at radius 1 is 1.41 bits per heavy atom. The Kier molecular flexibility index (Phi) is 5.86. The van der Waals surface area contributed by atoms with Crippen molar-refractivity contribution in [3.05, 3.63) is 21.9 Å². The van der Waals surface area contributed by atoms with Crippen molar-refractivity contribution in [2.45, 2.75) is 20.3 Å². The summed E-state index contributed by atoms with van der Waals surface area (Å²) in [6.07, 6.45) is 0.746. The van der Waals surface area contributed by atoms with Gasteiger partial charge >= 0.3 is 0 Å². The van der Waals surface area contributed by atoms with Crippen LogP contribution in [-0.4, -0.2) is 31.4 Å². The molecule has 0 saturated carbocycles. The van der Waals surface area contributed by atoms with Crippen molar-refractivity contribution in [1.82, 2.24) is 5.32 Å². The molecule has 1 rings (SSSR count). The highest BCUT2D eigenvalue weighted by Gasteiger charge is 2.05. The number of carbonyl (C=O) groups is 2. The molecule has 5 heteroatoms. The molecule has 0 aromatic carbocycles. The summed E-state index contributed by atoms with van der Waals surface area (Å²) < 4.78 is 4.98. The predicted octanol–water partition coefficient (Wildman–Crippen LogP) is 1.65. The number of hydrogen-bond donors (Lipinski definition) is 1. The minimum absolute atomic E-state index is 0.0848. The number of ether oxygens (including phenoxy) is 1. The van der Waals surface area contributed by atoms with E-state index in [-0.39, 0.29) is 18.3 Å². The van der Waals surface area contributed by atoms with Gasteiger partial charge in [-0.2, -0.15) is 0 Å². The van der Waals surface area contributed by atoms with Crippen molar-refractivity contribution in [2.75, 3.05) is 19.8 Å². The quantitative estimate of drug-likeness (QED) is 0.754. The van der Waals surface area contributed by atoms with Gasteiger partial charge in [0.05, 0.1) is 4.88 Å². The molecule has 1 aromatic heterocycles. The van der Waals surface area contributed by atoms with Gasteiger partial charge in [-0.15, -0.1) is 11.3 Å². The molecule has 1 N–H and O–H groups in total. The fraction of sp³-hybridized carbons (Fsp3) is 0.500. The number of carbonyl (C=O) groups excluding carboxylic acids is 2. The molecule has 0 aliphatic rings. The summed E-state index contributed by atoms with van der Waals surface area (Å²) in [4.78, 5) is 24.2. The van der Waals surface area contributed by atoms with Crippen molar-refractivity contribution in [3.63, 3.8) is 0 Å². The monoisotopic (exact) mass is 255 g/mol. The van der Waals surface area contributed by atoms with Gasteiger partial charge in [0.25, 0.3) is 0 Å². The first kappa shape index (κ1) is 13.9. The first-order valence-corrected chi connectivity index (χ1v) is 6.39. The molecule has 0 atom stereocenters. The van der Waals surface area contributed by atoms with E-state index in [9.17, 15) is 9.59 Å². The second-order valence-corrected chi connectivity index (χ2v) is 4.73. The Morgan fingerprint density at radius 2 is 2.18 bits per heavy atom. The maximum Gasteiger partial charge on any atom is 0.246 e. The lowest BCUT2D eigenvalue weighted by Gasteiger charge is -2.03. The molecule has 1 heterocycles.